The number of ether oxygens (including phenoxy) is 2. The van der Waals surface area contributed by atoms with Crippen molar-refractivity contribution in [3.63, 3.8) is 0 Å². The van der Waals surface area contributed by atoms with Crippen LogP contribution in [-0.2, 0) is 4.79 Å². The Bertz CT molecular complexity index is 850. The largest absolute Gasteiger partial charge is 0.486 e. The normalized spacial score (nSPS) is 19.7. The Morgan fingerprint density at radius 2 is 1.90 bits per heavy atom. The van der Waals surface area contributed by atoms with Gasteiger partial charge in [0.2, 0.25) is 5.91 Å². The van der Waals surface area contributed by atoms with Gasteiger partial charge in [0.1, 0.15) is 13.2 Å². The average Bonchev–Trinajstić information content (AvgIpc) is 3.20. The van der Waals surface area contributed by atoms with E-state index in [-0.39, 0.29) is 18.0 Å². The van der Waals surface area contributed by atoms with Crippen molar-refractivity contribution in [2.24, 2.45) is 0 Å². The zero-order valence-corrected chi connectivity index (χ0v) is 17.3. The topological polar surface area (TPSA) is 50.8 Å². The second kappa shape index (κ2) is 8.87. The number of benzene rings is 2. The van der Waals surface area contributed by atoms with Crippen molar-refractivity contribution in [2.45, 2.75) is 45.2 Å². The molecule has 2 aliphatic heterocycles. The van der Waals surface area contributed by atoms with Crippen molar-refractivity contribution in [1.29, 1.82) is 0 Å². The predicted octanol–water partition coefficient (Wildman–Crippen LogP) is 4.17. The van der Waals surface area contributed by atoms with Gasteiger partial charge in [0.25, 0.3) is 0 Å². The van der Waals surface area contributed by atoms with Crippen LogP contribution in [-0.4, -0.2) is 37.1 Å². The minimum absolute atomic E-state index is 0.0541. The lowest BCUT2D eigenvalue weighted by Crippen LogP contribution is -2.38. The van der Waals surface area contributed by atoms with Gasteiger partial charge in [0, 0.05) is 6.04 Å². The van der Waals surface area contributed by atoms with Gasteiger partial charge in [-0.05, 0) is 56.0 Å². The summed E-state index contributed by atoms with van der Waals surface area (Å²) in [5.74, 6) is 1.71. The van der Waals surface area contributed by atoms with E-state index in [0.29, 0.717) is 19.8 Å². The highest BCUT2D eigenvalue weighted by molar-refractivity contribution is 5.78. The molecule has 2 aromatic rings. The molecule has 0 saturated carbocycles. The molecule has 2 heterocycles. The number of hydrogen-bond acceptors (Lipinski definition) is 4. The van der Waals surface area contributed by atoms with E-state index in [0.717, 1.165) is 42.9 Å². The van der Waals surface area contributed by atoms with Crippen LogP contribution in [0.1, 0.15) is 55.0 Å². The minimum Gasteiger partial charge on any atom is -0.486 e. The molecule has 1 amide bonds. The van der Waals surface area contributed by atoms with Gasteiger partial charge in [-0.1, -0.05) is 42.8 Å². The second-order valence-electron chi connectivity index (χ2n) is 7.97. The van der Waals surface area contributed by atoms with E-state index in [4.69, 9.17) is 9.47 Å². The molecule has 1 fully saturated rings. The molecule has 0 bridgehead atoms. The first-order valence-electron chi connectivity index (χ1n) is 10.6. The molecule has 2 atom stereocenters. The standard InChI is InChI=1S/C24H30N2O3/c1-3-20(18-8-6-17(2)7-9-18)25-24(27)16-26-12-4-5-21(26)19-10-11-22-23(15-19)29-14-13-28-22/h6-11,15,20-21H,3-5,12-14,16H2,1-2H3,(H,25,27)/t20-,21+/m1/s1. The number of aryl methyl sites for hydroxylation is 1. The van der Waals surface area contributed by atoms with Crippen molar-refractivity contribution in [1.82, 2.24) is 10.2 Å². The summed E-state index contributed by atoms with van der Waals surface area (Å²) in [7, 11) is 0. The summed E-state index contributed by atoms with van der Waals surface area (Å²) in [5, 5.41) is 3.23. The van der Waals surface area contributed by atoms with Gasteiger partial charge in [-0.25, -0.2) is 0 Å². The van der Waals surface area contributed by atoms with E-state index in [1.54, 1.807) is 0 Å². The first-order valence-corrected chi connectivity index (χ1v) is 10.6. The minimum atomic E-state index is 0.0541. The summed E-state index contributed by atoms with van der Waals surface area (Å²) < 4.78 is 11.4. The third kappa shape index (κ3) is 4.56. The lowest BCUT2D eigenvalue weighted by Gasteiger charge is -2.27. The van der Waals surface area contributed by atoms with Crippen molar-refractivity contribution in [2.75, 3.05) is 26.3 Å². The number of nitrogens with one attached hydrogen (secondary N) is 1. The van der Waals surface area contributed by atoms with Gasteiger partial charge in [0.05, 0.1) is 12.6 Å². The van der Waals surface area contributed by atoms with Gasteiger partial charge in [0.15, 0.2) is 11.5 Å². The molecule has 0 aromatic heterocycles. The molecule has 4 rings (SSSR count). The van der Waals surface area contributed by atoms with Crippen LogP contribution in [0.4, 0.5) is 0 Å². The molecule has 5 nitrogen and oxygen atoms in total. The Balaban J connectivity index is 1.41. The highest BCUT2D eigenvalue weighted by atomic mass is 16.6. The van der Waals surface area contributed by atoms with E-state index in [1.807, 2.05) is 6.07 Å². The number of rotatable bonds is 6. The van der Waals surface area contributed by atoms with E-state index < -0.39 is 0 Å². The Labute approximate surface area is 173 Å². The molecule has 0 radical (unpaired) electrons. The van der Waals surface area contributed by atoms with Crippen LogP contribution in [0.15, 0.2) is 42.5 Å². The summed E-state index contributed by atoms with van der Waals surface area (Å²) in [6.45, 7) is 6.73. The molecule has 2 aliphatic rings. The second-order valence-corrected chi connectivity index (χ2v) is 7.97. The predicted molar refractivity (Wildman–Crippen MR) is 113 cm³/mol. The highest BCUT2D eigenvalue weighted by Gasteiger charge is 2.29. The van der Waals surface area contributed by atoms with Crippen molar-refractivity contribution in [3.8, 4) is 11.5 Å². The van der Waals surface area contributed by atoms with Gasteiger partial charge in [-0.15, -0.1) is 0 Å². The molecule has 0 unspecified atom stereocenters. The molecule has 5 heteroatoms. The molecular formula is C24H30N2O3. The highest BCUT2D eigenvalue weighted by Crippen LogP contribution is 2.37. The third-order valence-corrected chi connectivity index (χ3v) is 5.88. The maximum atomic E-state index is 12.8. The fourth-order valence-electron chi connectivity index (χ4n) is 4.30. The molecule has 29 heavy (non-hydrogen) atoms. The van der Waals surface area contributed by atoms with Gasteiger partial charge < -0.3 is 14.8 Å². The Kier molecular flexibility index (Phi) is 6.05. The third-order valence-electron chi connectivity index (χ3n) is 5.88. The Hall–Kier alpha value is -2.53. The maximum Gasteiger partial charge on any atom is 0.234 e. The van der Waals surface area contributed by atoms with Crippen LogP contribution in [0.2, 0.25) is 0 Å². The van der Waals surface area contributed by atoms with Crippen LogP contribution < -0.4 is 14.8 Å². The van der Waals surface area contributed by atoms with E-state index in [9.17, 15) is 4.79 Å². The van der Waals surface area contributed by atoms with Crippen molar-refractivity contribution < 1.29 is 14.3 Å². The van der Waals surface area contributed by atoms with E-state index in [2.05, 4.69) is 60.5 Å². The van der Waals surface area contributed by atoms with Gasteiger partial charge in [-0.2, -0.15) is 0 Å². The summed E-state index contributed by atoms with van der Waals surface area (Å²) in [5.41, 5.74) is 3.59. The molecule has 0 spiro atoms. The van der Waals surface area contributed by atoms with Crippen LogP contribution in [0.25, 0.3) is 0 Å². The number of likely N-dealkylation sites (tertiary alicyclic amines) is 1. The van der Waals surface area contributed by atoms with Crippen molar-refractivity contribution >= 4 is 5.91 Å². The summed E-state index contributed by atoms with van der Waals surface area (Å²) in [6.07, 6.45) is 3.03. The quantitative estimate of drug-likeness (QED) is 0.799. The number of hydrogen-bond donors (Lipinski definition) is 1. The Morgan fingerprint density at radius 3 is 2.66 bits per heavy atom. The maximum absolute atomic E-state index is 12.8. The summed E-state index contributed by atoms with van der Waals surface area (Å²) >= 11 is 0. The van der Waals surface area contributed by atoms with Crippen LogP contribution in [0.5, 0.6) is 11.5 Å². The lowest BCUT2D eigenvalue weighted by atomic mass is 10.0. The number of amides is 1. The van der Waals surface area contributed by atoms with E-state index >= 15 is 0 Å². The number of carbonyl (C=O) groups excluding carboxylic acids is 1. The fourth-order valence-corrected chi connectivity index (χ4v) is 4.30. The summed E-state index contributed by atoms with van der Waals surface area (Å²) in [4.78, 5) is 15.1. The smallest absolute Gasteiger partial charge is 0.234 e. The van der Waals surface area contributed by atoms with Crippen LogP contribution in [0, 0.1) is 6.92 Å². The van der Waals surface area contributed by atoms with Crippen LogP contribution >= 0.6 is 0 Å². The zero-order chi connectivity index (χ0) is 20.2. The number of carbonyl (C=O) groups is 1. The molecule has 1 saturated heterocycles. The van der Waals surface area contributed by atoms with E-state index in [1.165, 1.54) is 11.1 Å². The lowest BCUT2D eigenvalue weighted by molar-refractivity contribution is -0.123. The molecular weight excluding hydrogens is 364 g/mol. The molecule has 154 valence electrons. The number of nitrogens with zero attached hydrogens (tertiary/aromatic N) is 1. The zero-order valence-electron chi connectivity index (χ0n) is 17.3. The fraction of sp³-hybridized carbons (Fsp3) is 0.458. The molecule has 0 aliphatic carbocycles. The first-order chi connectivity index (χ1) is 14.1. The average molecular weight is 395 g/mol. The van der Waals surface area contributed by atoms with Gasteiger partial charge >= 0.3 is 0 Å². The number of fused-ring (bicyclic) bond motifs is 1. The SMILES string of the molecule is CC[C@@H](NC(=O)CN1CCC[C@H]1c1ccc2c(c1)OCCO2)c1ccc(C)cc1. The monoisotopic (exact) mass is 394 g/mol. The molecule has 2 aromatic carbocycles. The van der Waals surface area contributed by atoms with Crippen LogP contribution in [0.3, 0.4) is 0 Å². The Morgan fingerprint density at radius 1 is 1.14 bits per heavy atom. The first kappa shape index (κ1) is 19.8. The molecule has 1 N–H and O–H groups in total. The van der Waals surface area contributed by atoms with Gasteiger partial charge in [-0.3, -0.25) is 9.69 Å². The summed E-state index contributed by atoms with van der Waals surface area (Å²) in [6, 6.07) is 14.9. The van der Waals surface area contributed by atoms with Crippen molar-refractivity contribution in [3.05, 3.63) is 59.2 Å².